The van der Waals surface area contributed by atoms with Gasteiger partial charge in [0, 0.05) is 28.9 Å². The first-order valence-electron chi connectivity index (χ1n) is 5.48. The minimum atomic E-state index is -0.209. The fourth-order valence-corrected chi connectivity index (χ4v) is 3.17. The molecule has 0 amide bonds. The van der Waals surface area contributed by atoms with E-state index in [1.54, 1.807) is 17.8 Å². The van der Waals surface area contributed by atoms with Crippen molar-refractivity contribution in [3.05, 3.63) is 29.6 Å². The van der Waals surface area contributed by atoms with Crippen LogP contribution in [0.1, 0.15) is 18.9 Å². The van der Waals surface area contributed by atoms with Crippen molar-refractivity contribution in [2.24, 2.45) is 5.73 Å². The number of halogens is 1. The van der Waals surface area contributed by atoms with Crippen LogP contribution < -0.4 is 5.73 Å². The van der Waals surface area contributed by atoms with Gasteiger partial charge in [0.1, 0.15) is 5.82 Å². The molecule has 0 bridgehead atoms. The molecule has 1 saturated heterocycles. The monoisotopic (exact) mass is 241 g/mol. The molecule has 1 heterocycles. The van der Waals surface area contributed by atoms with E-state index in [1.807, 2.05) is 6.07 Å². The van der Waals surface area contributed by atoms with Crippen molar-refractivity contribution in [1.29, 1.82) is 0 Å². The van der Waals surface area contributed by atoms with Gasteiger partial charge in [0.15, 0.2) is 0 Å². The van der Waals surface area contributed by atoms with E-state index in [1.165, 1.54) is 6.07 Å². The van der Waals surface area contributed by atoms with E-state index in [-0.39, 0.29) is 18.5 Å². The van der Waals surface area contributed by atoms with Crippen LogP contribution in [0.3, 0.4) is 0 Å². The molecule has 1 aliphatic heterocycles. The van der Waals surface area contributed by atoms with E-state index >= 15 is 0 Å². The molecule has 2 N–H and O–H groups in total. The molecular weight excluding hydrogens is 225 g/mol. The van der Waals surface area contributed by atoms with E-state index in [9.17, 15) is 4.39 Å². The summed E-state index contributed by atoms with van der Waals surface area (Å²) in [6.07, 6.45) is 1.26. The largest absolute Gasteiger partial charge is 0.377 e. The molecule has 4 heteroatoms. The first kappa shape index (κ1) is 11.9. The second kappa shape index (κ2) is 5.17. The molecule has 0 spiro atoms. The van der Waals surface area contributed by atoms with Gasteiger partial charge < -0.3 is 10.5 Å². The number of thioether (sulfide) groups is 1. The van der Waals surface area contributed by atoms with E-state index in [0.29, 0.717) is 10.8 Å². The first-order chi connectivity index (χ1) is 7.72. The molecule has 0 aliphatic carbocycles. The van der Waals surface area contributed by atoms with Crippen molar-refractivity contribution in [3.8, 4) is 0 Å². The van der Waals surface area contributed by atoms with Gasteiger partial charge in [-0.15, -0.1) is 11.8 Å². The van der Waals surface area contributed by atoms with E-state index in [4.69, 9.17) is 10.5 Å². The van der Waals surface area contributed by atoms with Crippen LogP contribution in [0.25, 0.3) is 0 Å². The zero-order chi connectivity index (χ0) is 11.5. The van der Waals surface area contributed by atoms with Gasteiger partial charge >= 0.3 is 0 Å². The minimum Gasteiger partial charge on any atom is -0.377 e. The third kappa shape index (κ3) is 2.39. The third-order valence-corrected chi connectivity index (χ3v) is 4.42. The number of rotatable bonds is 3. The van der Waals surface area contributed by atoms with Gasteiger partial charge in [0.05, 0.1) is 6.10 Å². The summed E-state index contributed by atoms with van der Waals surface area (Å²) in [6, 6.07) is 5.12. The minimum absolute atomic E-state index is 0.209. The van der Waals surface area contributed by atoms with Crippen LogP contribution in [0.2, 0.25) is 0 Å². The Morgan fingerprint density at radius 1 is 1.56 bits per heavy atom. The summed E-state index contributed by atoms with van der Waals surface area (Å²) in [6.45, 7) is 3.11. The quantitative estimate of drug-likeness (QED) is 0.883. The molecule has 0 radical (unpaired) electrons. The summed E-state index contributed by atoms with van der Waals surface area (Å²) in [5.41, 5.74) is 6.19. The van der Waals surface area contributed by atoms with Gasteiger partial charge in [-0.3, -0.25) is 0 Å². The van der Waals surface area contributed by atoms with E-state index in [2.05, 4.69) is 6.92 Å². The highest BCUT2D eigenvalue weighted by atomic mass is 32.2. The van der Waals surface area contributed by atoms with Crippen molar-refractivity contribution in [1.82, 2.24) is 0 Å². The normalized spacial score (nSPS) is 24.9. The lowest BCUT2D eigenvalue weighted by Crippen LogP contribution is -2.14. The van der Waals surface area contributed by atoms with Gasteiger partial charge in [-0.25, -0.2) is 4.39 Å². The molecule has 1 aromatic carbocycles. The maximum Gasteiger partial charge on any atom is 0.128 e. The van der Waals surface area contributed by atoms with Crippen LogP contribution >= 0.6 is 11.8 Å². The Morgan fingerprint density at radius 3 is 3.00 bits per heavy atom. The lowest BCUT2D eigenvalue weighted by Gasteiger charge is -2.15. The lowest BCUT2D eigenvalue weighted by atomic mass is 10.2. The predicted molar refractivity (Wildman–Crippen MR) is 64.0 cm³/mol. The summed E-state index contributed by atoms with van der Waals surface area (Å²) >= 11 is 1.68. The second-order valence-electron chi connectivity index (χ2n) is 3.94. The lowest BCUT2D eigenvalue weighted by molar-refractivity contribution is 0.127. The highest BCUT2D eigenvalue weighted by Crippen LogP contribution is 2.34. The van der Waals surface area contributed by atoms with Crippen LogP contribution in [0.4, 0.5) is 4.39 Å². The summed E-state index contributed by atoms with van der Waals surface area (Å²) in [5, 5.41) is 0.409. The van der Waals surface area contributed by atoms with Gasteiger partial charge in [-0.05, 0) is 25.5 Å². The zero-order valence-electron chi connectivity index (χ0n) is 9.28. The number of hydrogen-bond acceptors (Lipinski definition) is 3. The Morgan fingerprint density at radius 2 is 2.38 bits per heavy atom. The van der Waals surface area contributed by atoms with Crippen LogP contribution in [0.15, 0.2) is 23.1 Å². The average Bonchev–Trinajstić information content (AvgIpc) is 2.65. The van der Waals surface area contributed by atoms with Crippen LogP contribution in [-0.2, 0) is 11.3 Å². The summed E-state index contributed by atoms with van der Waals surface area (Å²) in [7, 11) is 0. The van der Waals surface area contributed by atoms with Crippen LogP contribution in [0.5, 0.6) is 0 Å². The van der Waals surface area contributed by atoms with E-state index < -0.39 is 0 Å². The molecule has 2 atom stereocenters. The Hall–Kier alpha value is -0.580. The van der Waals surface area contributed by atoms with Gasteiger partial charge in [-0.1, -0.05) is 6.07 Å². The first-order valence-corrected chi connectivity index (χ1v) is 6.36. The molecule has 1 aliphatic rings. The van der Waals surface area contributed by atoms with Crippen molar-refractivity contribution in [2.45, 2.75) is 36.1 Å². The Balaban J connectivity index is 2.17. The van der Waals surface area contributed by atoms with Crippen molar-refractivity contribution in [3.63, 3.8) is 0 Å². The zero-order valence-corrected chi connectivity index (χ0v) is 10.1. The molecule has 2 rings (SSSR count). The van der Waals surface area contributed by atoms with Crippen molar-refractivity contribution >= 4 is 11.8 Å². The van der Waals surface area contributed by atoms with Crippen LogP contribution in [0, 0.1) is 5.82 Å². The molecule has 0 aromatic heterocycles. The smallest absolute Gasteiger partial charge is 0.128 e. The molecule has 2 nitrogen and oxygen atoms in total. The summed E-state index contributed by atoms with van der Waals surface area (Å²) in [5.74, 6) is -0.209. The summed E-state index contributed by atoms with van der Waals surface area (Å²) in [4.78, 5) is 0.949. The SMILES string of the molecule is CC1OCCC1Sc1cccc(F)c1CN. The van der Waals surface area contributed by atoms with Gasteiger partial charge in [0.2, 0.25) is 0 Å². The van der Waals surface area contributed by atoms with E-state index in [0.717, 1.165) is 17.9 Å². The van der Waals surface area contributed by atoms with Gasteiger partial charge in [-0.2, -0.15) is 0 Å². The topological polar surface area (TPSA) is 35.2 Å². The van der Waals surface area contributed by atoms with Crippen molar-refractivity contribution in [2.75, 3.05) is 6.61 Å². The Bertz CT molecular complexity index is 372. The molecule has 0 saturated carbocycles. The molecule has 16 heavy (non-hydrogen) atoms. The summed E-state index contributed by atoms with van der Waals surface area (Å²) < 4.78 is 19.0. The number of nitrogens with two attached hydrogens (primary N) is 1. The maximum atomic E-state index is 13.5. The molecule has 88 valence electrons. The van der Waals surface area contributed by atoms with Gasteiger partial charge in [0.25, 0.3) is 0 Å². The third-order valence-electron chi connectivity index (χ3n) is 2.87. The predicted octanol–water partition coefficient (Wildman–Crippen LogP) is 2.55. The second-order valence-corrected chi connectivity index (χ2v) is 5.22. The standard InChI is InChI=1S/C12H16FNOS/c1-8-11(5-6-15-8)16-12-4-2-3-10(13)9(12)7-14/h2-4,8,11H,5-7,14H2,1H3. The number of benzene rings is 1. The molecule has 2 unspecified atom stereocenters. The Kier molecular flexibility index (Phi) is 3.84. The Labute approximate surface area is 99.4 Å². The number of ether oxygens (including phenoxy) is 1. The average molecular weight is 241 g/mol. The maximum absolute atomic E-state index is 13.5. The molecule has 1 aromatic rings. The number of hydrogen-bond donors (Lipinski definition) is 1. The molecular formula is C12H16FNOS. The van der Waals surface area contributed by atoms with Crippen LogP contribution in [-0.4, -0.2) is 18.0 Å². The van der Waals surface area contributed by atoms with Crippen molar-refractivity contribution < 1.29 is 9.13 Å². The highest BCUT2D eigenvalue weighted by Gasteiger charge is 2.26. The fourth-order valence-electron chi connectivity index (χ4n) is 1.88. The molecule has 1 fully saturated rings. The highest BCUT2D eigenvalue weighted by molar-refractivity contribution is 8.00. The fraction of sp³-hybridized carbons (Fsp3) is 0.500.